The van der Waals surface area contributed by atoms with Crippen LogP contribution in [0.3, 0.4) is 0 Å². The summed E-state index contributed by atoms with van der Waals surface area (Å²) >= 11 is 5.99. The molecule has 0 fully saturated rings. The van der Waals surface area contributed by atoms with Crippen LogP contribution in [0.15, 0.2) is 42.5 Å². The number of halogens is 1. The van der Waals surface area contributed by atoms with Crippen LogP contribution in [0, 0.1) is 6.92 Å². The van der Waals surface area contributed by atoms with Gasteiger partial charge in [0.25, 0.3) is 0 Å². The molecule has 0 spiro atoms. The van der Waals surface area contributed by atoms with E-state index < -0.39 is 0 Å². The fourth-order valence-electron chi connectivity index (χ4n) is 1.96. The van der Waals surface area contributed by atoms with Gasteiger partial charge in [0.15, 0.2) is 5.82 Å². The van der Waals surface area contributed by atoms with Crippen LogP contribution in [0.5, 0.6) is 0 Å². The summed E-state index contributed by atoms with van der Waals surface area (Å²) in [6, 6.07) is 13.4. The minimum absolute atomic E-state index is 0.470. The number of rotatable bonds is 1. The summed E-state index contributed by atoms with van der Waals surface area (Å²) in [5.41, 5.74) is 8.88. The lowest BCUT2D eigenvalue weighted by Crippen LogP contribution is -1.97. The fraction of sp³-hybridized carbons (Fsp3) is 0.0667. The maximum atomic E-state index is 5.99. The van der Waals surface area contributed by atoms with E-state index in [1.165, 1.54) is 5.56 Å². The van der Waals surface area contributed by atoms with E-state index in [0.29, 0.717) is 16.7 Å². The molecule has 1 heterocycles. The van der Waals surface area contributed by atoms with Crippen molar-refractivity contribution < 1.29 is 0 Å². The van der Waals surface area contributed by atoms with Crippen LogP contribution in [-0.4, -0.2) is 9.97 Å². The number of hydrogen-bond donors (Lipinski definition) is 1. The summed E-state index contributed by atoms with van der Waals surface area (Å²) < 4.78 is 0. The third-order valence-electron chi connectivity index (χ3n) is 3.00. The molecule has 0 amide bonds. The highest BCUT2D eigenvalue weighted by Crippen LogP contribution is 2.25. The number of anilines is 1. The van der Waals surface area contributed by atoms with E-state index in [9.17, 15) is 0 Å². The number of fused-ring (bicyclic) bond motifs is 1. The first-order valence-electron chi connectivity index (χ1n) is 5.93. The molecule has 2 aromatic carbocycles. The highest BCUT2D eigenvalue weighted by Gasteiger charge is 2.07. The van der Waals surface area contributed by atoms with E-state index in [0.717, 1.165) is 16.5 Å². The lowest BCUT2D eigenvalue weighted by atomic mass is 10.1. The van der Waals surface area contributed by atoms with Gasteiger partial charge in [-0.1, -0.05) is 41.4 Å². The summed E-state index contributed by atoms with van der Waals surface area (Å²) in [5.74, 6) is 1.09. The summed E-state index contributed by atoms with van der Waals surface area (Å²) in [6.07, 6.45) is 0. The first kappa shape index (κ1) is 11.9. The molecule has 0 aliphatic heterocycles. The van der Waals surface area contributed by atoms with Crippen molar-refractivity contribution in [3.8, 4) is 11.4 Å². The Hall–Kier alpha value is -2.13. The smallest absolute Gasteiger partial charge is 0.162 e. The van der Waals surface area contributed by atoms with Gasteiger partial charge in [0.05, 0.1) is 5.52 Å². The van der Waals surface area contributed by atoms with Gasteiger partial charge < -0.3 is 5.73 Å². The van der Waals surface area contributed by atoms with Gasteiger partial charge in [-0.25, -0.2) is 9.97 Å². The molecular weight excluding hydrogens is 258 g/mol. The maximum absolute atomic E-state index is 5.99. The predicted octanol–water partition coefficient (Wildman–Crippen LogP) is 3.84. The van der Waals surface area contributed by atoms with Crippen molar-refractivity contribution in [2.24, 2.45) is 0 Å². The molecule has 0 unspecified atom stereocenters. The number of benzene rings is 2. The monoisotopic (exact) mass is 269 g/mol. The van der Waals surface area contributed by atoms with E-state index in [4.69, 9.17) is 17.3 Å². The highest BCUT2D eigenvalue weighted by atomic mass is 35.5. The number of nitrogens with two attached hydrogens (primary N) is 1. The van der Waals surface area contributed by atoms with E-state index in [-0.39, 0.29) is 0 Å². The molecule has 4 heteroatoms. The molecule has 0 radical (unpaired) electrons. The number of aryl methyl sites for hydroxylation is 1. The van der Waals surface area contributed by atoms with Crippen LogP contribution in [-0.2, 0) is 0 Å². The van der Waals surface area contributed by atoms with E-state index in [2.05, 4.69) is 9.97 Å². The molecule has 1 aromatic heterocycles. The average Bonchev–Trinajstić information content (AvgIpc) is 2.38. The Kier molecular flexibility index (Phi) is 2.84. The summed E-state index contributed by atoms with van der Waals surface area (Å²) in [4.78, 5) is 8.88. The second-order valence-corrected chi connectivity index (χ2v) is 4.90. The zero-order chi connectivity index (χ0) is 13.4. The van der Waals surface area contributed by atoms with Gasteiger partial charge in [-0.15, -0.1) is 0 Å². The van der Waals surface area contributed by atoms with Crippen LogP contribution in [0.1, 0.15) is 5.56 Å². The number of aromatic nitrogens is 2. The molecule has 0 aliphatic carbocycles. The van der Waals surface area contributed by atoms with Gasteiger partial charge in [-0.05, 0) is 25.1 Å². The first-order valence-corrected chi connectivity index (χ1v) is 6.31. The molecule has 0 atom stereocenters. The molecule has 3 aromatic rings. The standard InChI is InChI=1S/C15H12ClN3/c1-9-2-4-10(5-3-9)15-18-13-8-11(16)6-7-12(13)14(17)19-15/h2-8H,1H3,(H2,17,18,19). The SMILES string of the molecule is Cc1ccc(-c2nc(N)c3ccc(Cl)cc3n2)cc1. The Labute approximate surface area is 116 Å². The third-order valence-corrected chi connectivity index (χ3v) is 3.23. The molecular formula is C15H12ClN3. The normalized spacial score (nSPS) is 10.8. The highest BCUT2D eigenvalue weighted by molar-refractivity contribution is 6.31. The molecule has 0 aliphatic rings. The Bertz CT molecular complexity index is 751. The molecule has 0 saturated carbocycles. The fourth-order valence-corrected chi connectivity index (χ4v) is 2.13. The van der Waals surface area contributed by atoms with Crippen LogP contribution in [0.2, 0.25) is 5.02 Å². The molecule has 0 bridgehead atoms. The lowest BCUT2D eigenvalue weighted by Gasteiger charge is -2.06. The number of hydrogen-bond acceptors (Lipinski definition) is 3. The van der Waals surface area contributed by atoms with Crippen LogP contribution in [0.25, 0.3) is 22.3 Å². The Morgan fingerprint density at radius 1 is 1.00 bits per heavy atom. The largest absolute Gasteiger partial charge is 0.383 e. The van der Waals surface area contributed by atoms with Crippen molar-refractivity contribution in [3.05, 3.63) is 53.1 Å². The van der Waals surface area contributed by atoms with Crippen LogP contribution < -0.4 is 5.73 Å². The maximum Gasteiger partial charge on any atom is 0.162 e. The van der Waals surface area contributed by atoms with E-state index >= 15 is 0 Å². The Morgan fingerprint density at radius 3 is 2.47 bits per heavy atom. The van der Waals surface area contributed by atoms with Gasteiger partial charge in [-0.2, -0.15) is 0 Å². The Morgan fingerprint density at radius 2 is 1.74 bits per heavy atom. The first-order chi connectivity index (χ1) is 9.13. The Balaban J connectivity index is 2.22. The zero-order valence-electron chi connectivity index (χ0n) is 10.4. The summed E-state index contributed by atoms with van der Waals surface area (Å²) in [7, 11) is 0. The molecule has 2 N–H and O–H groups in total. The summed E-state index contributed by atoms with van der Waals surface area (Å²) in [6.45, 7) is 2.04. The van der Waals surface area contributed by atoms with Crippen molar-refractivity contribution in [3.63, 3.8) is 0 Å². The number of nitrogens with zero attached hydrogens (tertiary/aromatic N) is 2. The van der Waals surface area contributed by atoms with Crippen LogP contribution >= 0.6 is 11.6 Å². The van der Waals surface area contributed by atoms with Gasteiger partial charge >= 0.3 is 0 Å². The van der Waals surface area contributed by atoms with Gasteiger partial charge in [0, 0.05) is 16.0 Å². The zero-order valence-corrected chi connectivity index (χ0v) is 11.1. The predicted molar refractivity (Wildman–Crippen MR) is 79.1 cm³/mol. The quantitative estimate of drug-likeness (QED) is 0.730. The second kappa shape index (κ2) is 4.52. The van der Waals surface area contributed by atoms with Crippen LogP contribution in [0.4, 0.5) is 5.82 Å². The van der Waals surface area contributed by atoms with Crippen molar-refractivity contribution in [1.29, 1.82) is 0 Å². The van der Waals surface area contributed by atoms with E-state index in [1.807, 2.05) is 37.3 Å². The minimum Gasteiger partial charge on any atom is -0.383 e. The average molecular weight is 270 g/mol. The number of nitrogen functional groups attached to an aromatic ring is 1. The molecule has 19 heavy (non-hydrogen) atoms. The molecule has 94 valence electrons. The minimum atomic E-state index is 0.470. The van der Waals surface area contributed by atoms with Crippen molar-refractivity contribution >= 4 is 28.3 Å². The van der Waals surface area contributed by atoms with Crippen molar-refractivity contribution in [1.82, 2.24) is 9.97 Å². The van der Waals surface area contributed by atoms with Crippen molar-refractivity contribution in [2.45, 2.75) is 6.92 Å². The topological polar surface area (TPSA) is 51.8 Å². The third kappa shape index (κ3) is 2.25. The molecule has 0 saturated heterocycles. The van der Waals surface area contributed by atoms with Gasteiger partial charge in [0.2, 0.25) is 0 Å². The second-order valence-electron chi connectivity index (χ2n) is 4.46. The van der Waals surface area contributed by atoms with Gasteiger partial charge in [-0.3, -0.25) is 0 Å². The molecule has 3 rings (SSSR count). The van der Waals surface area contributed by atoms with Gasteiger partial charge in [0.1, 0.15) is 5.82 Å². The van der Waals surface area contributed by atoms with E-state index in [1.54, 1.807) is 12.1 Å². The lowest BCUT2D eigenvalue weighted by molar-refractivity contribution is 1.23. The molecule has 3 nitrogen and oxygen atoms in total. The summed E-state index contributed by atoms with van der Waals surface area (Å²) in [5, 5.41) is 1.46. The van der Waals surface area contributed by atoms with Crippen molar-refractivity contribution in [2.75, 3.05) is 5.73 Å².